The molecule has 0 unspecified atom stereocenters. The molecule has 0 aliphatic heterocycles. The summed E-state index contributed by atoms with van der Waals surface area (Å²) in [5.74, 6) is -0.140. The van der Waals surface area contributed by atoms with Crippen LogP contribution in [0.1, 0.15) is 38.2 Å². The number of nitrogens with zero attached hydrogens (tertiary/aromatic N) is 1. The molecule has 0 aromatic heterocycles. The van der Waals surface area contributed by atoms with Crippen molar-refractivity contribution in [2.75, 3.05) is 6.61 Å². The summed E-state index contributed by atoms with van der Waals surface area (Å²) in [7, 11) is 0. The second-order valence-corrected chi connectivity index (χ2v) is 5.05. The van der Waals surface area contributed by atoms with Crippen LogP contribution < -0.4 is 4.74 Å². The molecule has 104 valence electrons. The number of hydrogen-bond donors (Lipinski definition) is 2. The Kier molecular flexibility index (Phi) is 4.04. The van der Waals surface area contributed by atoms with Gasteiger partial charge in [0, 0.05) is 11.6 Å². The first-order valence-corrected chi connectivity index (χ1v) is 6.38. The minimum Gasteiger partial charge on any atom is -0.490 e. The Balaban J connectivity index is 2.16. The smallest absolute Gasteiger partial charge is 0.131 e. The standard InChI is InChI=1S/C14H18FNO3/c1-10(16-18)12-5-4-11(15)8-13(12)19-9-14(17)6-2-3-7-14/h4-5,8,17-18H,2-3,6-7,9H2,1H3. The molecule has 0 amide bonds. The minimum atomic E-state index is -0.826. The van der Waals surface area contributed by atoms with Gasteiger partial charge in [-0.1, -0.05) is 18.0 Å². The van der Waals surface area contributed by atoms with Crippen molar-refractivity contribution in [3.05, 3.63) is 29.6 Å². The van der Waals surface area contributed by atoms with Crippen molar-refractivity contribution < 1.29 is 19.4 Å². The summed E-state index contributed by atoms with van der Waals surface area (Å²) in [6, 6.07) is 4.02. The number of benzene rings is 1. The third-order valence-corrected chi connectivity index (χ3v) is 3.51. The van der Waals surface area contributed by atoms with Crippen LogP contribution in [0.2, 0.25) is 0 Å². The quantitative estimate of drug-likeness (QED) is 0.501. The van der Waals surface area contributed by atoms with Crippen LogP contribution in [0.3, 0.4) is 0 Å². The Morgan fingerprint density at radius 3 is 2.74 bits per heavy atom. The predicted molar refractivity (Wildman–Crippen MR) is 69.3 cm³/mol. The molecule has 0 heterocycles. The lowest BCUT2D eigenvalue weighted by molar-refractivity contribution is 0.00126. The minimum absolute atomic E-state index is 0.127. The fourth-order valence-corrected chi connectivity index (χ4v) is 2.36. The van der Waals surface area contributed by atoms with Gasteiger partial charge in [0.15, 0.2) is 0 Å². The number of aliphatic hydroxyl groups is 1. The van der Waals surface area contributed by atoms with Crippen molar-refractivity contribution >= 4 is 5.71 Å². The molecule has 1 aromatic rings. The van der Waals surface area contributed by atoms with Crippen molar-refractivity contribution in [2.24, 2.45) is 5.16 Å². The van der Waals surface area contributed by atoms with E-state index in [9.17, 15) is 9.50 Å². The molecule has 4 nitrogen and oxygen atoms in total. The molecular formula is C14H18FNO3. The Bertz CT molecular complexity index is 482. The molecule has 0 atom stereocenters. The van der Waals surface area contributed by atoms with Gasteiger partial charge in [-0.25, -0.2) is 4.39 Å². The van der Waals surface area contributed by atoms with Gasteiger partial charge in [-0.15, -0.1) is 0 Å². The fourth-order valence-electron chi connectivity index (χ4n) is 2.36. The van der Waals surface area contributed by atoms with E-state index in [1.54, 1.807) is 6.92 Å². The van der Waals surface area contributed by atoms with Gasteiger partial charge in [-0.2, -0.15) is 0 Å². The van der Waals surface area contributed by atoms with Gasteiger partial charge in [0.05, 0.1) is 11.3 Å². The Morgan fingerprint density at radius 1 is 1.42 bits per heavy atom. The summed E-state index contributed by atoms with van der Waals surface area (Å²) in [4.78, 5) is 0. The van der Waals surface area contributed by atoms with Gasteiger partial charge in [0.25, 0.3) is 0 Å². The average molecular weight is 267 g/mol. The van der Waals surface area contributed by atoms with Gasteiger partial charge >= 0.3 is 0 Å². The largest absolute Gasteiger partial charge is 0.490 e. The summed E-state index contributed by atoms with van der Waals surface area (Å²) in [5, 5.41) is 22.1. The number of oxime groups is 1. The van der Waals surface area contributed by atoms with Gasteiger partial charge in [0.2, 0.25) is 0 Å². The molecule has 1 saturated carbocycles. The number of ether oxygens (including phenoxy) is 1. The SMILES string of the molecule is CC(=NO)c1ccc(F)cc1OCC1(O)CCCC1. The highest BCUT2D eigenvalue weighted by molar-refractivity contribution is 6.00. The average Bonchev–Trinajstić information content (AvgIpc) is 2.83. The molecule has 2 N–H and O–H groups in total. The van der Waals surface area contributed by atoms with Crippen LogP contribution in [0.15, 0.2) is 23.4 Å². The molecule has 19 heavy (non-hydrogen) atoms. The summed E-state index contributed by atoms with van der Waals surface area (Å²) in [5.41, 5.74) is 0.0346. The molecule has 5 heteroatoms. The fraction of sp³-hybridized carbons (Fsp3) is 0.500. The first-order valence-electron chi connectivity index (χ1n) is 6.38. The molecule has 1 aromatic carbocycles. The first kappa shape index (κ1) is 13.8. The summed E-state index contributed by atoms with van der Waals surface area (Å²) in [6.45, 7) is 1.73. The second-order valence-electron chi connectivity index (χ2n) is 5.05. The lowest BCUT2D eigenvalue weighted by Crippen LogP contribution is -2.32. The van der Waals surface area contributed by atoms with E-state index in [4.69, 9.17) is 9.94 Å². The molecule has 2 rings (SSSR count). The van der Waals surface area contributed by atoms with Crippen molar-refractivity contribution in [3.63, 3.8) is 0 Å². The van der Waals surface area contributed by atoms with Crippen LogP contribution >= 0.6 is 0 Å². The highest BCUT2D eigenvalue weighted by Crippen LogP contribution is 2.31. The van der Waals surface area contributed by atoms with Crippen LogP contribution in [0.4, 0.5) is 4.39 Å². The van der Waals surface area contributed by atoms with E-state index in [2.05, 4.69) is 5.16 Å². The van der Waals surface area contributed by atoms with Crippen LogP contribution in [0.25, 0.3) is 0 Å². The van der Waals surface area contributed by atoms with Crippen molar-refractivity contribution in [3.8, 4) is 5.75 Å². The van der Waals surface area contributed by atoms with Crippen LogP contribution in [-0.4, -0.2) is 28.2 Å². The Morgan fingerprint density at radius 2 is 2.11 bits per heavy atom. The molecule has 1 aliphatic rings. The van der Waals surface area contributed by atoms with Crippen LogP contribution in [-0.2, 0) is 0 Å². The van der Waals surface area contributed by atoms with Gasteiger partial charge in [0.1, 0.15) is 18.2 Å². The maximum atomic E-state index is 13.3. The van der Waals surface area contributed by atoms with Crippen molar-refractivity contribution in [1.29, 1.82) is 0 Å². The molecule has 1 fully saturated rings. The number of rotatable bonds is 4. The van der Waals surface area contributed by atoms with E-state index in [1.165, 1.54) is 18.2 Å². The summed E-state index contributed by atoms with van der Waals surface area (Å²) >= 11 is 0. The predicted octanol–water partition coefficient (Wildman–Crippen LogP) is 2.71. The van der Waals surface area contributed by atoms with Gasteiger partial charge in [-0.3, -0.25) is 0 Å². The molecule has 1 aliphatic carbocycles. The lowest BCUT2D eigenvalue weighted by atomic mass is 10.0. The molecule has 0 radical (unpaired) electrons. The second kappa shape index (κ2) is 5.57. The first-order chi connectivity index (χ1) is 9.04. The van der Waals surface area contributed by atoms with E-state index >= 15 is 0 Å². The normalized spacial score (nSPS) is 18.6. The third-order valence-electron chi connectivity index (χ3n) is 3.51. The van der Waals surface area contributed by atoms with Crippen molar-refractivity contribution in [1.82, 2.24) is 0 Å². The third kappa shape index (κ3) is 3.23. The van der Waals surface area contributed by atoms with Crippen molar-refractivity contribution in [2.45, 2.75) is 38.2 Å². The Hall–Kier alpha value is -1.62. The van der Waals surface area contributed by atoms with Gasteiger partial charge in [-0.05, 0) is 31.9 Å². The maximum Gasteiger partial charge on any atom is 0.131 e. The summed E-state index contributed by atoms with van der Waals surface area (Å²) < 4.78 is 18.8. The zero-order chi connectivity index (χ0) is 13.9. The van der Waals surface area contributed by atoms with E-state index in [0.717, 1.165) is 12.8 Å². The van der Waals surface area contributed by atoms with Crippen LogP contribution in [0.5, 0.6) is 5.75 Å². The molecule has 0 bridgehead atoms. The van der Waals surface area contributed by atoms with E-state index in [-0.39, 0.29) is 12.4 Å². The number of halogens is 1. The van der Waals surface area contributed by atoms with Crippen LogP contribution in [0, 0.1) is 5.82 Å². The summed E-state index contributed by atoms with van der Waals surface area (Å²) in [6.07, 6.45) is 3.36. The monoisotopic (exact) mass is 267 g/mol. The topological polar surface area (TPSA) is 62.1 Å². The highest BCUT2D eigenvalue weighted by atomic mass is 19.1. The van der Waals surface area contributed by atoms with E-state index in [1.807, 2.05) is 0 Å². The Labute approximate surface area is 111 Å². The lowest BCUT2D eigenvalue weighted by Gasteiger charge is -2.23. The van der Waals surface area contributed by atoms with Gasteiger partial charge < -0.3 is 15.1 Å². The molecule has 0 spiro atoms. The maximum absolute atomic E-state index is 13.3. The van der Waals surface area contributed by atoms with E-state index < -0.39 is 11.4 Å². The molecule has 0 saturated heterocycles. The zero-order valence-corrected chi connectivity index (χ0v) is 10.9. The van der Waals surface area contributed by atoms with E-state index in [0.29, 0.717) is 24.1 Å². The number of hydrogen-bond acceptors (Lipinski definition) is 4. The zero-order valence-electron chi connectivity index (χ0n) is 10.9. The highest BCUT2D eigenvalue weighted by Gasteiger charge is 2.32. The molecular weight excluding hydrogens is 249 g/mol.